The van der Waals surface area contributed by atoms with Crippen molar-refractivity contribution in [3.8, 4) is 0 Å². The van der Waals surface area contributed by atoms with E-state index < -0.39 is 29.2 Å². The van der Waals surface area contributed by atoms with E-state index in [2.05, 4.69) is 9.53 Å². The van der Waals surface area contributed by atoms with Crippen LogP contribution in [0.4, 0.5) is 13.2 Å². The smallest absolute Gasteiger partial charge is 0.424 e. The van der Waals surface area contributed by atoms with Gasteiger partial charge in [-0.2, -0.15) is 18.0 Å². The van der Waals surface area contributed by atoms with Crippen LogP contribution in [-0.4, -0.2) is 35.5 Å². The molecule has 1 aromatic rings. The molecule has 1 rings (SSSR count). The molecule has 0 saturated carbocycles. The molecule has 0 radical (unpaired) electrons. The first-order chi connectivity index (χ1) is 10.2. The Morgan fingerprint density at radius 2 is 1.82 bits per heavy atom. The summed E-state index contributed by atoms with van der Waals surface area (Å²) in [6.45, 7) is 0. The monoisotopic (exact) mass is 332 g/mol. The van der Waals surface area contributed by atoms with Gasteiger partial charge in [0.2, 0.25) is 0 Å². The van der Waals surface area contributed by atoms with E-state index in [4.69, 9.17) is 17.1 Å². The van der Waals surface area contributed by atoms with E-state index in [-0.39, 0.29) is 16.7 Å². The molecule has 5 nitrogen and oxygen atoms in total. The Balaban J connectivity index is 3.35. The van der Waals surface area contributed by atoms with Gasteiger partial charge in [0.05, 0.1) is 7.11 Å². The summed E-state index contributed by atoms with van der Waals surface area (Å²) in [7, 11) is 0.865. The predicted molar refractivity (Wildman–Crippen MR) is 70.6 cm³/mol. The molecule has 0 atom stereocenters. The summed E-state index contributed by atoms with van der Waals surface area (Å²) in [5, 5.41) is 0.264. The third kappa shape index (κ3) is 4.28. The molecule has 116 valence electrons. The number of rotatable bonds is 4. The van der Waals surface area contributed by atoms with Crippen LogP contribution in [0.2, 0.25) is 5.02 Å². The van der Waals surface area contributed by atoms with Gasteiger partial charge in [-0.05, 0) is 24.3 Å². The molecular weight excluding hydrogens is 325 g/mol. The van der Waals surface area contributed by atoms with E-state index in [0.717, 1.165) is 19.2 Å². The number of hydrogen-bond acceptors (Lipinski definition) is 3. The Morgan fingerprint density at radius 3 is 2.23 bits per heavy atom. The first kappa shape index (κ1) is 17.6. The summed E-state index contributed by atoms with van der Waals surface area (Å²) in [5.74, 6) is -2.58. The first-order valence-electron chi connectivity index (χ1n) is 5.60. The standard InChI is InChI=1S/C13H8ClF3N2O3/c1-22-10(20)6-9(13(15,16)17)11(19-18)12(21)7-2-4-8(14)5-3-7/h2-6H,1H3/b9-6-. The number of alkyl halides is 3. The van der Waals surface area contributed by atoms with Crippen LogP contribution in [0.5, 0.6) is 0 Å². The summed E-state index contributed by atoms with van der Waals surface area (Å²) in [4.78, 5) is 25.4. The molecular formula is C13H8ClF3N2O3. The summed E-state index contributed by atoms with van der Waals surface area (Å²) in [6.07, 6.45) is -5.07. The van der Waals surface area contributed by atoms with Crippen LogP contribution in [0, 0.1) is 0 Å². The van der Waals surface area contributed by atoms with Crippen molar-refractivity contribution >= 4 is 29.1 Å². The Labute approximate surface area is 127 Å². The van der Waals surface area contributed by atoms with Gasteiger partial charge in [0.1, 0.15) is 0 Å². The summed E-state index contributed by atoms with van der Waals surface area (Å²) in [5.41, 5.74) is 5.53. The highest BCUT2D eigenvalue weighted by Gasteiger charge is 2.45. The molecule has 0 unspecified atom stereocenters. The molecule has 1 aromatic carbocycles. The number of carbonyl (C=O) groups excluding carboxylic acids is 2. The molecule has 22 heavy (non-hydrogen) atoms. The molecule has 0 aliphatic carbocycles. The van der Waals surface area contributed by atoms with Gasteiger partial charge in [-0.15, -0.1) is 0 Å². The van der Waals surface area contributed by atoms with Gasteiger partial charge in [-0.3, -0.25) is 4.79 Å². The Hall–Kier alpha value is -2.44. The third-order valence-corrected chi connectivity index (χ3v) is 2.70. The van der Waals surface area contributed by atoms with Gasteiger partial charge >= 0.3 is 17.9 Å². The number of methoxy groups -OCH3 is 1. The van der Waals surface area contributed by atoms with Crippen LogP contribution in [0.25, 0.3) is 5.53 Å². The van der Waals surface area contributed by atoms with E-state index in [1.807, 2.05) is 0 Å². The fourth-order valence-electron chi connectivity index (χ4n) is 1.42. The van der Waals surface area contributed by atoms with Gasteiger partial charge in [0, 0.05) is 16.7 Å². The van der Waals surface area contributed by atoms with Gasteiger partial charge in [0.15, 0.2) is 5.57 Å². The SMILES string of the molecule is COC(=O)/C=C(/C(=[N+]=[N-])C(=O)c1ccc(Cl)cc1)C(F)(F)F. The highest BCUT2D eigenvalue weighted by atomic mass is 35.5. The van der Waals surface area contributed by atoms with Crippen LogP contribution >= 0.6 is 11.6 Å². The number of allylic oxidation sites excluding steroid dienone is 1. The Morgan fingerprint density at radius 1 is 1.27 bits per heavy atom. The number of esters is 1. The molecule has 0 amide bonds. The van der Waals surface area contributed by atoms with E-state index in [1.165, 1.54) is 12.1 Å². The van der Waals surface area contributed by atoms with Crippen molar-refractivity contribution in [2.45, 2.75) is 6.18 Å². The van der Waals surface area contributed by atoms with Crippen LogP contribution in [0.15, 0.2) is 35.9 Å². The van der Waals surface area contributed by atoms with Gasteiger partial charge in [0.25, 0.3) is 5.78 Å². The summed E-state index contributed by atoms with van der Waals surface area (Å²) >= 11 is 5.61. The lowest BCUT2D eigenvalue weighted by Gasteiger charge is -2.07. The molecule has 0 aliphatic rings. The predicted octanol–water partition coefficient (Wildman–Crippen LogP) is 2.86. The van der Waals surface area contributed by atoms with Crippen molar-refractivity contribution < 1.29 is 32.3 Å². The van der Waals surface area contributed by atoms with Crippen molar-refractivity contribution in [1.82, 2.24) is 0 Å². The largest absolute Gasteiger partial charge is 0.466 e. The molecule has 0 spiro atoms. The van der Waals surface area contributed by atoms with Gasteiger partial charge < -0.3 is 10.3 Å². The minimum atomic E-state index is -5.10. The second-order valence-corrected chi connectivity index (χ2v) is 4.30. The zero-order valence-electron chi connectivity index (χ0n) is 11.0. The zero-order chi connectivity index (χ0) is 16.9. The number of hydrogen-bond donors (Lipinski definition) is 0. The maximum Gasteiger partial charge on any atom is 0.424 e. The molecule has 0 heterocycles. The molecule has 0 aromatic heterocycles. The molecule has 0 saturated heterocycles. The van der Waals surface area contributed by atoms with Gasteiger partial charge in [-0.1, -0.05) is 11.6 Å². The van der Waals surface area contributed by atoms with Crippen molar-refractivity contribution in [3.05, 3.63) is 52.0 Å². The Kier molecular flexibility index (Phi) is 5.62. The van der Waals surface area contributed by atoms with Crippen molar-refractivity contribution in [2.24, 2.45) is 0 Å². The molecule has 0 N–H and O–H groups in total. The number of Topliss-reactive ketones (excluding diaryl/α,β-unsaturated/α-hetero) is 1. The number of ether oxygens (including phenoxy) is 1. The highest BCUT2D eigenvalue weighted by molar-refractivity contribution is 6.50. The van der Waals surface area contributed by atoms with Crippen LogP contribution in [0.3, 0.4) is 0 Å². The van der Waals surface area contributed by atoms with Crippen molar-refractivity contribution in [3.63, 3.8) is 0 Å². The lowest BCUT2D eigenvalue weighted by atomic mass is 10.00. The fraction of sp³-hybridized carbons (Fsp3) is 0.154. The van der Waals surface area contributed by atoms with E-state index >= 15 is 0 Å². The van der Waals surface area contributed by atoms with Crippen LogP contribution in [0.1, 0.15) is 10.4 Å². The second kappa shape index (κ2) is 7.02. The lowest BCUT2D eigenvalue weighted by Crippen LogP contribution is -2.28. The minimum absolute atomic E-state index is 0.0306. The lowest BCUT2D eigenvalue weighted by molar-refractivity contribution is -0.136. The van der Waals surface area contributed by atoms with E-state index in [0.29, 0.717) is 0 Å². The van der Waals surface area contributed by atoms with E-state index in [1.54, 1.807) is 0 Å². The average molecular weight is 333 g/mol. The number of ketones is 1. The number of halogens is 4. The summed E-state index contributed by atoms with van der Waals surface area (Å²) < 4.78 is 42.9. The van der Waals surface area contributed by atoms with E-state index in [9.17, 15) is 22.8 Å². The maximum atomic E-state index is 13.0. The molecule has 9 heteroatoms. The highest BCUT2D eigenvalue weighted by Crippen LogP contribution is 2.27. The average Bonchev–Trinajstić information content (AvgIpc) is 2.46. The van der Waals surface area contributed by atoms with Crippen molar-refractivity contribution in [1.29, 1.82) is 0 Å². The topological polar surface area (TPSA) is 79.8 Å². The van der Waals surface area contributed by atoms with Crippen LogP contribution in [-0.2, 0) is 9.53 Å². The second-order valence-electron chi connectivity index (χ2n) is 3.86. The third-order valence-electron chi connectivity index (χ3n) is 2.45. The van der Waals surface area contributed by atoms with Crippen molar-refractivity contribution in [2.75, 3.05) is 7.11 Å². The normalized spacial score (nSPS) is 11.6. The quantitative estimate of drug-likeness (QED) is 0.212. The number of benzene rings is 1. The fourth-order valence-corrected chi connectivity index (χ4v) is 1.55. The van der Waals surface area contributed by atoms with Gasteiger partial charge in [-0.25, -0.2) is 4.79 Å². The molecule has 0 aliphatic heterocycles. The molecule has 0 bridgehead atoms. The zero-order valence-corrected chi connectivity index (χ0v) is 11.8. The summed E-state index contributed by atoms with van der Waals surface area (Å²) in [6, 6.07) is 4.87. The number of carbonyl (C=O) groups is 2. The van der Waals surface area contributed by atoms with Crippen LogP contribution < -0.4 is 0 Å². The minimum Gasteiger partial charge on any atom is -0.466 e. The first-order valence-corrected chi connectivity index (χ1v) is 5.98. The number of nitrogens with zero attached hydrogens (tertiary/aromatic N) is 2. The maximum absolute atomic E-state index is 13.0. The molecule has 0 fully saturated rings. The Bertz CT molecular complexity index is 675.